The summed E-state index contributed by atoms with van der Waals surface area (Å²) in [7, 11) is 0. The third kappa shape index (κ3) is 4.86. The Hall–Kier alpha value is -1.85. The van der Waals surface area contributed by atoms with E-state index in [1.54, 1.807) is 13.0 Å². The molecule has 0 bridgehead atoms. The lowest BCUT2D eigenvalue weighted by molar-refractivity contribution is 0.0525. The van der Waals surface area contributed by atoms with Crippen molar-refractivity contribution in [2.45, 2.75) is 13.3 Å². The molecule has 5 nitrogen and oxygen atoms in total. The molecule has 0 aliphatic heterocycles. The predicted octanol–water partition coefficient (Wildman–Crippen LogP) is 3.61. The average molecular weight is 340 g/mol. The van der Waals surface area contributed by atoms with Crippen molar-refractivity contribution in [2.24, 2.45) is 0 Å². The summed E-state index contributed by atoms with van der Waals surface area (Å²) in [6, 6.07) is 5.41. The van der Waals surface area contributed by atoms with Crippen molar-refractivity contribution < 1.29 is 9.53 Å². The fraction of sp³-hybridized carbons (Fsp3) is 0.267. The number of aromatic nitrogens is 2. The number of nitrogens with zero attached hydrogens (tertiary/aromatic N) is 2. The number of hydrogen-bond acceptors (Lipinski definition) is 5. The molecule has 116 valence electrons. The van der Waals surface area contributed by atoms with Crippen molar-refractivity contribution in [2.75, 3.05) is 18.5 Å². The molecule has 1 heterocycles. The first-order valence-electron chi connectivity index (χ1n) is 6.76. The molecule has 0 aliphatic rings. The minimum Gasteiger partial charge on any atom is -0.462 e. The van der Waals surface area contributed by atoms with Crippen LogP contribution >= 0.6 is 23.2 Å². The van der Waals surface area contributed by atoms with Gasteiger partial charge in [0.1, 0.15) is 0 Å². The van der Waals surface area contributed by atoms with Gasteiger partial charge in [-0.25, -0.2) is 14.8 Å². The molecular formula is C15H15Cl2N3O2. The lowest BCUT2D eigenvalue weighted by Crippen LogP contribution is -2.10. The highest BCUT2D eigenvalue weighted by Gasteiger charge is 2.07. The lowest BCUT2D eigenvalue weighted by atomic mass is 10.1. The van der Waals surface area contributed by atoms with Gasteiger partial charge in [-0.1, -0.05) is 23.2 Å². The molecule has 0 saturated heterocycles. The zero-order valence-corrected chi connectivity index (χ0v) is 13.5. The summed E-state index contributed by atoms with van der Waals surface area (Å²) in [5.74, 6) is 0.0174. The van der Waals surface area contributed by atoms with E-state index in [1.807, 2.05) is 12.1 Å². The van der Waals surface area contributed by atoms with E-state index >= 15 is 0 Å². The second-order valence-corrected chi connectivity index (χ2v) is 5.34. The molecule has 2 rings (SSSR count). The Balaban J connectivity index is 1.88. The Morgan fingerprint density at radius 2 is 1.82 bits per heavy atom. The van der Waals surface area contributed by atoms with Gasteiger partial charge in [-0.05, 0) is 37.1 Å². The van der Waals surface area contributed by atoms with Crippen molar-refractivity contribution in [3.63, 3.8) is 0 Å². The van der Waals surface area contributed by atoms with Crippen LogP contribution in [0.15, 0.2) is 30.6 Å². The molecule has 7 heteroatoms. The summed E-state index contributed by atoms with van der Waals surface area (Å²) in [6.45, 7) is 2.69. The van der Waals surface area contributed by atoms with E-state index in [0.29, 0.717) is 34.7 Å². The Kier molecular flexibility index (Phi) is 5.98. The second-order valence-electron chi connectivity index (χ2n) is 4.47. The number of esters is 1. The topological polar surface area (TPSA) is 64.1 Å². The van der Waals surface area contributed by atoms with Crippen molar-refractivity contribution in [3.05, 3.63) is 51.8 Å². The molecule has 0 aliphatic carbocycles. The molecule has 2 aromatic rings. The first-order valence-corrected chi connectivity index (χ1v) is 7.52. The quantitative estimate of drug-likeness (QED) is 0.814. The van der Waals surface area contributed by atoms with E-state index in [4.69, 9.17) is 27.9 Å². The van der Waals surface area contributed by atoms with E-state index in [1.165, 1.54) is 12.4 Å². The second kappa shape index (κ2) is 7.96. The van der Waals surface area contributed by atoms with Gasteiger partial charge < -0.3 is 10.1 Å². The number of benzene rings is 1. The molecule has 1 aromatic carbocycles. The summed E-state index contributed by atoms with van der Waals surface area (Å²) in [4.78, 5) is 19.6. The highest BCUT2D eigenvalue weighted by atomic mass is 35.5. The third-order valence-electron chi connectivity index (χ3n) is 2.78. The van der Waals surface area contributed by atoms with Crippen LogP contribution in [0, 0.1) is 0 Å². The van der Waals surface area contributed by atoms with Crippen LogP contribution in [0.2, 0.25) is 10.0 Å². The summed E-state index contributed by atoms with van der Waals surface area (Å²) < 4.78 is 4.86. The van der Waals surface area contributed by atoms with Gasteiger partial charge in [0.25, 0.3) is 0 Å². The summed E-state index contributed by atoms with van der Waals surface area (Å²) in [6.07, 6.45) is 3.59. The van der Waals surface area contributed by atoms with Crippen molar-refractivity contribution in [3.8, 4) is 0 Å². The maximum absolute atomic E-state index is 11.5. The van der Waals surface area contributed by atoms with Crippen LogP contribution in [-0.4, -0.2) is 29.1 Å². The minimum absolute atomic E-state index is 0.320. The number of carbonyl (C=O) groups is 1. The summed E-state index contributed by atoms with van der Waals surface area (Å²) in [5.41, 5.74) is 1.35. The first kappa shape index (κ1) is 16.5. The summed E-state index contributed by atoms with van der Waals surface area (Å²) in [5, 5.41) is 4.29. The molecule has 1 aromatic heterocycles. The smallest absolute Gasteiger partial charge is 0.341 e. The van der Waals surface area contributed by atoms with E-state index < -0.39 is 5.97 Å². The van der Waals surface area contributed by atoms with Gasteiger partial charge in [-0.15, -0.1) is 0 Å². The van der Waals surface area contributed by atoms with E-state index in [2.05, 4.69) is 15.3 Å². The molecule has 1 N–H and O–H groups in total. The minimum atomic E-state index is -0.428. The van der Waals surface area contributed by atoms with Crippen LogP contribution in [0.25, 0.3) is 0 Å². The molecule has 0 atom stereocenters. The van der Waals surface area contributed by atoms with Gasteiger partial charge in [-0.2, -0.15) is 0 Å². The van der Waals surface area contributed by atoms with Gasteiger partial charge >= 0.3 is 5.97 Å². The zero-order chi connectivity index (χ0) is 15.9. The Morgan fingerprint density at radius 3 is 2.41 bits per heavy atom. The number of rotatable bonds is 6. The van der Waals surface area contributed by atoms with Crippen LogP contribution in [0.5, 0.6) is 0 Å². The highest BCUT2D eigenvalue weighted by molar-refractivity contribution is 6.34. The number of hydrogen-bond donors (Lipinski definition) is 1. The van der Waals surface area contributed by atoms with E-state index in [-0.39, 0.29) is 0 Å². The van der Waals surface area contributed by atoms with Gasteiger partial charge in [0.2, 0.25) is 5.95 Å². The van der Waals surface area contributed by atoms with Crippen LogP contribution < -0.4 is 5.32 Å². The predicted molar refractivity (Wildman–Crippen MR) is 86.6 cm³/mol. The SMILES string of the molecule is CCOC(=O)c1cnc(NCCc2cc(Cl)cc(Cl)c2)nc1. The number of anilines is 1. The van der Waals surface area contributed by atoms with E-state index in [0.717, 1.165) is 12.0 Å². The van der Waals surface area contributed by atoms with Gasteiger partial charge in [0.05, 0.1) is 12.2 Å². The molecule has 0 spiro atoms. The Labute approximate surface area is 138 Å². The molecule has 0 amide bonds. The molecule has 0 radical (unpaired) electrons. The Bertz CT molecular complexity index is 627. The van der Waals surface area contributed by atoms with Gasteiger partial charge in [0.15, 0.2) is 0 Å². The number of nitrogens with one attached hydrogen (secondary N) is 1. The maximum atomic E-state index is 11.5. The number of halogens is 2. The van der Waals surface area contributed by atoms with Crippen LogP contribution in [0.4, 0.5) is 5.95 Å². The molecular weight excluding hydrogens is 325 g/mol. The fourth-order valence-electron chi connectivity index (χ4n) is 1.81. The first-order chi connectivity index (χ1) is 10.6. The third-order valence-corrected chi connectivity index (χ3v) is 3.22. The average Bonchev–Trinajstić information content (AvgIpc) is 2.47. The van der Waals surface area contributed by atoms with Gasteiger partial charge in [0, 0.05) is 29.0 Å². The molecule has 0 fully saturated rings. The van der Waals surface area contributed by atoms with Crippen molar-refractivity contribution in [1.29, 1.82) is 0 Å². The number of ether oxygens (including phenoxy) is 1. The largest absolute Gasteiger partial charge is 0.462 e. The monoisotopic (exact) mass is 339 g/mol. The number of carbonyl (C=O) groups excluding carboxylic acids is 1. The maximum Gasteiger partial charge on any atom is 0.341 e. The Morgan fingerprint density at radius 1 is 1.18 bits per heavy atom. The van der Waals surface area contributed by atoms with Crippen molar-refractivity contribution >= 4 is 35.1 Å². The zero-order valence-electron chi connectivity index (χ0n) is 12.0. The highest BCUT2D eigenvalue weighted by Crippen LogP contribution is 2.19. The van der Waals surface area contributed by atoms with Crippen LogP contribution in [0.3, 0.4) is 0 Å². The normalized spacial score (nSPS) is 10.3. The molecule has 0 unspecified atom stereocenters. The standard InChI is InChI=1S/C15H15Cl2N3O2/c1-2-22-14(21)11-8-19-15(20-9-11)18-4-3-10-5-12(16)7-13(17)6-10/h5-9H,2-4H2,1H3,(H,18,19,20). The molecule has 22 heavy (non-hydrogen) atoms. The van der Waals surface area contributed by atoms with E-state index in [9.17, 15) is 4.79 Å². The van der Waals surface area contributed by atoms with Crippen molar-refractivity contribution in [1.82, 2.24) is 9.97 Å². The lowest BCUT2D eigenvalue weighted by Gasteiger charge is -2.06. The fourth-order valence-corrected chi connectivity index (χ4v) is 2.38. The van der Waals surface area contributed by atoms with Gasteiger partial charge in [-0.3, -0.25) is 0 Å². The van der Waals surface area contributed by atoms with Crippen LogP contribution in [0.1, 0.15) is 22.8 Å². The molecule has 0 saturated carbocycles. The van der Waals surface area contributed by atoms with Crippen LogP contribution in [-0.2, 0) is 11.2 Å². The summed E-state index contributed by atoms with van der Waals surface area (Å²) >= 11 is 11.9.